The normalized spacial score (nSPS) is 13.7. The van der Waals surface area contributed by atoms with Gasteiger partial charge in [-0.3, -0.25) is 4.98 Å². The van der Waals surface area contributed by atoms with Crippen molar-refractivity contribution in [3.05, 3.63) is 59.4 Å². The number of rotatable bonds is 6. The summed E-state index contributed by atoms with van der Waals surface area (Å²) in [6.45, 7) is 7.32. The number of pyridine rings is 1. The van der Waals surface area contributed by atoms with Crippen LogP contribution in [0.1, 0.15) is 42.6 Å². The number of likely N-dealkylation sites (N-methyl/N-ethyl adjacent to an activating group) is 1. The van der Waals surface area contributed by atoms with E-state index in [2.05, 4.69) is 55.3 Å². The lowest BCUT2D eigenvalue weighted by molar-refractivity contribution is 0.408. The first-order valence-electron chi connectivity index (χ1n) is 7.46. The molecule has 2 aromatic rings. The molecule has 0 radical (unpaired) electrons. The van der Waals surface area contributed by atoms with Crippen molar-refractivity contribution < 1.29 is 4.74 Å². The van der Waals surface area contributed by atoms with E-state index in [0.717, 1.165) is 23.6 Å². The summed E-state index contributed by atoms with van der Waals surface area (Å²) in [5.41, 5.74) is 3.49. The van der Waals surface area contributed by atoms with Crippen molar-refractivity contribution in [2.45, 2.75) is 32.7 Å². The highest BCUT2D eigenvalue weighted by Crippen LogP contribution is 2.32. The first-order valence-corrected chi connectivity index (χ1v) is 7.46. The molecule has 2 atom stereocenters. The van der Waals surface area contributed by atoms with Crippen molar-refractivity contribution in [2.75, 3.05) is 13.7 Å². The van der Waals surface area contributed by atoms with Crippen molar-refractivity contribution in [1.82, 2.24) is 10.3 Å². The molecular weight excluding hydrogens is 260 g/mol. The highest BCUT2D eigenvalue weighted by atomic mass is 16.5. The van der Waals surface area contributed by atoms with Crippen molar-refractivity contribution in [2.24, 2.45) is 0 Å². The van der Waals surface area contributed by atoms with Crippen LogP contribution in [0.15, 0.2) is 42.6 Å². The van der Waals surface area contributed by atoms with Crippen molar-refractivity contribution in [3.8, 4) is 5.75 Å². The van der Waals surface area contributed by atoms with Crippen LogP contribution in [0.4, 0.5) is 0 Å². The zero-order chi connectivity index (χ0) is 15.2. The highest BCUT2D eigenvalue weighted by molar-refractivity contribution is 5.38. The number of nitrogens with zero attached hydrogens (tertiary/aromatic N) is 1. The second kappa shape index (κ2) is 7.23. The molecule has 3 heteroatoms. The minimum atomic E-state index is 0.222. The van der Waals surface area contributed by atoms with Gasteiger partial charge in [-0.2, -0.15) is 0 Å². The van der Waals surface area contributed by atoms with Gasteiger partial charge >= 0.3 is 0 Å². The molecule has 0 aliphatic heterocycles. The van der Waals surface area contributed by atoms with Crippen LogP contribution in [-0.4, -0.2) is 18.6 Å². The monoisotopic (exact) mass is 284 g/mol. The van der Waals surface area contributed by atoms with Gasteiger partial charge in [0.25, 0.3) is 0 Å². The minimum Gasteiger partial charge on any atom is -0.496 e. The number of hydrogen-bond donors (Lipinski definition) is 1. The molecule has 0 aliphatic rings. The fraction of sp³-hybridized carbons (Fsp3) is 0.389. The second-order valence-electron chi connectivity index (χ2n) is 5.31. The van der Waals surface area contributed by atoms with E-state index in [1.165, 1.54) is 5.56 Å². The molecule has 0 bridgehead atoms. The van der Waals surface area contributed by atoms with Crippen molar-refractivity contribution in [1.29, 1.82) is 0 Å². The van der Waals surface area contributed by atoms with Crippen LogP contribution in [0.3, 0.4) is 0 Å². The zero-order valence-electron chi connectivity index (χ0n) is 13.3. The molecule has 1 heterocycles. The third-order valence-corrected chi connectivity index (χ3v) is 3.87. The predicted octanol–water partition coefficient (Wildman–Crippen LogP) is 3.85. The summed E-state index contributed by atoms with van der Waals surface area (Å²) in [4.78, 5) is 4.50. The van der Waals surface area contributed by atoms with Crippen molar-refractivity contribution >= 4 is 0 Å². The second-order valence-corrected chi connectivity index (χ2v) is 5.31. The Hall–Kier alpha value is -1.87. The van der Waals surface area contributed by atoms with Crippen LogP contribution in [0, 0.1) is 6.92 Å². The standard InChI is InChI=1S/C18H24N2O/c1-5-19-18(14(3)16-8-6-7-11-20-16)15-10-9-13(2)17(12-15)21-4/h6-12,14,18-19H,5H2,1-4H3. The maximum Gasteiger partial charge on any atom is 0.122 e. The Labute approximate surface area is 127 Å². The van der Waals surface area contributed by atoms with E-state index in [-0.39, 0.29) is 6.04 Å². The molecule has 0 fully saturated rings. The number of hydrogen-bond acceptors (Lipinski definition) is 3. The van der Waals surface area contributed by atoms with E-state index in [4.69, 9.17) is 4.74 Å². The van der Waals surface area contributed by atoms with E-state index in [0.29, 0.717) is 5.92 Å². The SMILES string of the molecule is CCNC(c1ccc(C)c(OC)c1)C(C)c1ccccn1. The van der Waals surface area contributed by atoms with Gasteiger partial charge in [0.2, 0.25) is 0 Å². The third-order valence-electron chi connectivity index (χ3n) is 3.87. The summed E-state index contributed by atoms with van der Waals surface area (Å²) in [6.07, 6.45) is 1.85. The summed E-state index contributed by atoms with van der Waals surface area (Å²) in [7, 11) is 1.72. The van der Waals surface area contributed by atoms with Gasteiger partial charge in [-0.1, -0.05) is 32.0 Å². The van der Waals surface area contributed by atoms with E-state index < -0.39 is 0 Å². The topological polar surface area (TPSA) is 34.1 Å². The maximum atomic E-state index is 5.46. The first-order chi connectivity index (χ1) is 10.2. The number of aryl methyl sites for hydroxylation is 1. The molecule has 0 amide bonds. The lowest BCUT2D eigenvalue weighted by Crippen LogP contribution is -2.26. The number of benzene rings is 1. The quantitative estimate of drug-likeness (QED) is 0.874. The molecule has 0 saturated heterocycles. The Kier molecular flexibility index (Phi) is 5.34. The van der Waals surface area contributed by atoms with E-state index in [9.17, 15) is 0 Å². The summed E-state index contributed by atoms with van der Waals surface area (Å²) < 4.78 is 5.46. The fourth-order valence-electron chi connectivity index (χ4n) is 2.65. The molecule has 112 valence electrons. The van der Waals surface area contributed by atoms with Gasteiger partial charge in [0.1, 0.15) is 5.75 Å². The van der Waals surface area contributed by atoms with Gasteiger partial charge in [-0.25, -0.2) is 0 Å². The molecule has 1 aromatic carbocycles. The van der Waals surface area contributed by atoms with E-state index in [1.807, 2.05) is 18.3 Å². The predicted molar refractivity (Wildman–Crippen MR) is 86.8 cm³/mol. The summed E-state index contributed by atoms with van der Waals surface area (Å²) in [5, 5.41) is 3.57. The van der Waals surface area contributed by atoms with Gasteiger partial charge in [-0.15, -0.1) is 0 Å². The van der Waals surface area contributed by atoms with Crippen LogP contribution in [-0.2, 0) is 0 Å². The minimum absolute atomic E-state index is 0.222. The Balaban J connectivity index is 2.34. The van der Waals surface area contributed by atoms with Gasteiger partial charge in [0.05, 0.1) is 7.11 Å². The molecule has 21 heavy (non-hydrogen) atoms. The number of methoxy groups -OCH3 is 1. The van der Waals surface area contributed by atoms with E-state index >= 15 is 0 Å². The summed E-state index contributed by atoms with van der Waals surface area (Å²) >= 11 is 0. The molecule has 0 spiro atoms. The average molecular weight is 284 g/mol. The van der Waals surface area contributed by atoms with E-state index in [1.54, 1.807) is 7.11 Å². The van der Waals surface area contributed by atoms with Gasteiger partial charge in [0.15, 0.2) is 0 Å². The Morgan fingerprint density at radius 3 is 2.67 bits per heavy atom. The Morgan fingerprint density at radius 2 is 2.05 bits per heavy atom. The third kappa shape index (κ3) is 3.61. The smallest absolute Gasteiger partial charge is 0.122 e. The summed E-state index contributed by atoms with van der Waals surface area (Å²) in [5.74, 6) is 1.22. The first kappa shape index (κ1) is 15.5. The molecule has 0 aliphatic carbocycles. The molecule has 3 nitrogen and oxygen atoms in total. The zero-order valence-corrected chi connectivity index (χ0v) is 13.3. The number of ether oxygens (including phenoxy) is 1. The number of aromatic nitrogens is 1. The Bertz CT molecular complexity index is 569. The number of nitrogens with one attached hydrogen (secondary N) is 1. The average Bonchev–Trinajstić information content (AvgIpc) is 2.53. The molecule has 2 rings (SSSR count). The fourth-order valence-corrected chi connectivity index (χ4v) is 2.65. The molecular formula is C18H24N2O. The van der Waals surface area contributed by atoms with Crippen LogP contribution in [0.2, 0.25) is 0 Å². The van der Waals surface area contributed by atoms with Gasteiger partial charge < -0.3 is 10.1 Å². The van der Waals surface area contributed by atoms with Crippen LogP contribution < -0.4 is 10.1 Å². The largest absolute Gasteiger partial charge is 0.496 e. The lowest BCUT2D eigenvalue weighted by atomic mass is 9.90. The van der Waals surface area contributed by atoms with Crippen LogP contribution in [0.5, 0.6) is 5.75 Å². The van der Waals surface area contributed by atoms with Gasteiger partial charge in [-0.05, 0) is 42.8 Å². The summed E-state index contributed by atoms with van der Waals surface area (Å²) in [6, 6.07) is 12.7. The van der Waals surface area contributed by atoms with Crippen LogP contribution in [0.25, 0.3) is 0 Å². The van der Waals surface area contributed by atoms with Gasteiger partial charge in [0, 0.05) is 23.9 Å². The molecule has 2 unspecified atom stereocenters. The van der Waals surface area contributed by atoms with Crippen molar-refractivity contribution in [3.63, 3.8) is 0 Å². The molecule has 1 aromatic heterocycles. The lowest BCUT2D eigenvalue weighted by Gasteiger charge is -2.25. The molecule has 0 saturated carbocycles. The molecule has 1 N–H and O–H groups in total. The Morgan fingerprint density at radius 1 is 1.24 bits per heavy atom. The maximum absolute atomic E-state index is 5.46. The van der Waals surface area contributed by atoms with Crippen LogP contribution >= 0.6 is 0 Å². The highest BCUT2D eigenvalue weighted by Gasteiger charge is 2.21.